The van der Waals surface area contributed by atoms with Gasteiger partial charge in [0.1, 0.15) is 11.9 Å². The zero-order valence-corrected chi connectivity index (χ0v) is 12.6. The summed E-state index contributed by atoms with van der Waals surface area (Å²) < 4.78 is 5.78. The number of benzene rings is 2. The average Bonchev–Trinajstić information content (AvgIpc) is 2.81. The molecule has 2 nitrogen and oxygen atoms in total. The van der Waals surface area contributed by atoms with Crippen LogP contribution in [0.5, 0.6) is 5.75 Å². The minimum Gasteiger partial charge on any atom is -0.487 e. The highest BCUT2D eigenvalue weighted by Crippen LogP contribution is 2.45. The van der Waals surface area contributed by atoms with Gasteiger partial charge in [0.2, 0.25) is 0 Å². The summed E-state index contributed by atoms with van der Waals surface area (Å²) in [4.78, 5) is 0. The van der Waals surface area contributed by atoms with Crippen molar-refractivity contribution in [2.75, 3.05) is 6.61 Å². The molecule has 1 N–H and O–H groups in total. The van der Waals surface area contributed by atoms with E-state index in [0.29, 0.717) is 27.1 Å². The average molecular weight is 330 g/mol. The van der Waals surface area contributed by atoms with E-state index in [-0.39, 0.29) is 12.7 Å². The molecule has 0 saturated carbocycles. The Hall–Kier alpha value is -0.930. The van der Waals surface area contributed by atoms with Crippen molar-refractivity contribution < 1.29 is 9.84 Å². The first-order valence-corrected chi connectivity index (χ1v) is 7.28. The van der Waals surface area contributed by atoms with Gasteiger partial charge in [-0.3, -0.25) is 0 Å². The highest BCUT2D eigenvalue weighted by molar-refractivity contribution is 6.42. The van der Waals surface area contributed by atoms with Crippen LogP contribution < -0.4 is 4.74 Å². The summed E-state index contributed by atoms with van der Waals surface area (Å²) in [5, 5.41) is 10.7. The molecule has 0 aromatic heterocycles. The van der Waals surface area contributed by atoms with E-state index in [9.17, 15) is 5.11 Å². The number of para-hydroxylation sites is 1. The van der Waals surface area contributed by atoms with Crippen LogP contribution >= 0.6 is 34.8 Å². The van der Waals surface area contributed by atoms with Crippen LogP contribution in [0.4, 0.5) is 0 Å². The Kier molecular flexibility index (Phi) is 3.83. The molecule has 0 fully saturated rings. The Morgan fingerprint density at radius 1 is 1.15 bits per heavy atom. The van der Waals surface area contributed by atoms with E-state index in [1.807, 2.05) is 18.2 Å². The van der Waals surface area contributed by atoms with Crippen molar-refractivity contribution in [3.05, 3.63) is 51.0 Å². The minimum absolute atomic E-state index is 0.0177. The molecule has 0 aliphatic carbocycles. The van der Waals surface area contributed by atoms with Gasteiger partial charge in [0.15, 0.2) is 0 Å². The van der Waals surface area contributed by atoms with Gasteiger partial charge in [0.05, 0.1) is 16.7 Å². The lowest BCUT2D eigenvalue weighted by molar-refractivity contribution is 0.135. The second kappa shape index (κ2) is 5.45. The van der Waals surface area contributed by atoms with Crippen LogP contribution in [0.3, 0.4) is 0 Å². The van der Waals surface area contributed by atoms with E-state index in [1.165, 1.54) is 0 Å². The van der Waals surface area contributed by atoms with Crippen LogP contribution in [0.15, 0.2) is 30.3 Å². The molecule has 1 aliphatic heterocycles. The zero-order valence-electron chi connectivity index (χ0n) is 10.4. The first-order valence-electron chi connectivity index (χ1n) is 6.14. The van der Waals surface area contributed by atoms with Crippen LogP contribution in [0.2, 0.25) is 15.1 Å². The van der Waals surface area contributed by atoms with E-state index in [0.717, 1.165) is 16.9 Å². The fourth-order valence-corrected chi connectivity index (χ4v) is 3.46. The molecule has 20 heavy (non-hydrogen) atoms. The summed E-state index contributed by atoms with van der Waals surface area (Å²) in [6.45, 7) is -0.0177. The maximum absolute atomic E-state index is 9.25. The molecule has 5 heteroatoms. The topological polar surface area (TPSA) is 29.5 Å². The monoisotopic (exact) mass is 328 g/mol. The Morgan fingerprint density at radius 2 is 1.85 bits per heavy atom. The molecule has 0 saturated heterocycles. The standard InChI is InChI=1S/C15H11Cl3O2/c16-9-5-12(17)14(13(18)6-9)11-3-1-2-8-4-10(7-19)20-15(8)11/h1-3,5-6,10,19H,4,7H2. The molecule has 0 spiro atoms. The molecule has 1 aliphatic rings. The van der Waals surface area contributed by atoms with Crippen LogP contribution in [0, 0.1) is 0 Å². The number of halogens is 3. The second-order valence-corrected chi connectivity index (χ2v) is 5.92. The lowest BCUT2D eigenvalue weighted by Crippen LogP contribution is -2.17. The molecule has 0 amide bonds. The van der Waals surface area contributed by atoms with E-state index < -0.39 is 0 Å². The molecule has 3 rings (SSSR count). The minimum atomic E-state index is -0.212. The summed E-state index contributed by atoms with van der Waals surface area (Å²) >= 11 is 18.5. The fraction of sp³-hybridized carbons (Fsp3) is 0.200. The summed E-state index contributed by atoms with van der Waals surface area (Å²) in [7, 11) is 0. The number of aliphatic hydroxyl groups excluding tert-OH is 1. The number of aliphatic hydroxyl groups is 1. The molecule has 104 valence electrons. The maximum atomic E-state index is 9.25. The maximum Gasteiger partial charge on any atom is 0.131 e. The quantitative estimate of drug-likeness (QED) is 0.872. The Morgan fingerprint density at radius 3 is 2.50 bits per heavy atom. The van der Waals surface area contributed by atoms with Crippen LogP contribution in [0.1, 0.15) is 5.56 Å². The van der Waals surface area contributed by atoms with E-state index >= 15 is 0 Å². The van der Waals surface area contributed by atoms with Crippen molar-refractivity contribution in [1.29, 1.82) is 0 Å². The SMILES string of the molecule is OCC1Cc2cccc(-c3c(Cl)cc(Cl)cc3Cl)c2O1. The largest absolute Gasteiger partial charge is 0.487 e. The van der Waals surface area contributed by atoms with Gasteiger partial charge in [-0.25, -0.2) is 0 Å². The molecular formula is C15H11Cl3O2. The van der Waals surface area contributed by atoms with Gasteiger partial charge in [0, 0.05) is 22.6 Å². The number of ether oxygens (including phenoxy) is 1. The van der Waals surface area contributed by atoms with Crippen LogP contribution in [0.25, 0.3) is 11.1 Å². The lowest BCUT2D eigenvalue weighted by Gasteiger charge is -2.13. The van der Waals surface area contributed by atoms with Crippen molar-refractivity contribution in [1.82, 2.24) is 0 Å². The van der Waals surface area contributed by atoms with Gasteiger partial charge in [-0.15, -0.1) is 0 Å². The van der Waals surface area contributed by atoms with Crippen molar-refractivity contribution in [2.45, 2.75) is 12.5 Å². The predicted molar refractivity (Wildman–Crippen MR) is 82.1 cm³/mol. The third-order valence-corrected chi connectivity index (χ3v) is 4.12. The summed E-state index contributed by atoms with van der Waals surface area (Å²) in [5.41, 5.74) is 2.57. The molecular weight excluding hydrogens is 319 g/mol. The highest BCUT2D eigenvalue weighted by Gasteiger charge is 2.26. The number of fused-ring (bicyclic) bond motifs is 1. The first-order chi connectivity index (χ1) is 9.60. The van der Waals surface area contributed by atoms with Crippen molar-refractivity contribution in [3.8, 4) is 16.9 Å². The molecule has 0 bridgehead atoms. The van der Waals surface area contributed by atoms with Crippen molar-refractivity contribution in [2.24, 2.45) is 0 Å². The summed E-state index contributed by atoms with van der Waals surface area (Å²) in [6.07, 6.45) is 0.471. The van der Waals surface area contributed by atoms with Crippen molar-refractivity contribution >= 4 is 34.8 Å². The molecule has 1 heterocycles. The van der Waals surface area contributed by atoms with Gasteiger partial charge in [0.25, 0.3) is 0 Å². The van der Waals surface area contributed by atoms with Gasteiger partial charge in [-0.2, -0.15) is 0 Å². The highest BCUT2D eigenvalue weighted by atomic mass is 35.5. The molecule has 1 atom stereocenters. The Balaban J connectivity index is 2.16. The van der Waals surface area contributed by atoms with Crippen LogP contribution in [-0.4, -0.2) is 17.8 Å². The van der Waals surface area contributed by atoms with Crippen molar-refractivity contribution in [3.63, 3.8) is 0 Å². The number of rotatable bonds is 2. The van der Waals surface area contributed by atoms with E-state index in [4.69, 9.17) is 39.5 Å². The molecule has 1 unspecified atom stereocenters. The molecule has 2 aromatic carbocycles. The summed E-state index contributed by atoms with van der Waals surface area (Å²) in [5.74, 6) is 0.734. The number of hydrogen-bond donors (Lipinski definition) is 1. The van der Waals surface area contributed by atoms with Gasteiger partial charge >= 0.3 is 0 Å². The van der Waals surface area contributed by atoms with E-state index in [1.54, 1.807) is 12.1 Å². The van der Waals surface area contributed by atoms with Gasteiger partial charge in [-0.1, -0.05) is 53.0 Å². The predicted octanol–water partition coefficient (Wildman–Crippen LogP) is 4.61. The Bertz CT molecular complexity index is 647. The third-order valence-electron chi connectivity index (χ3n) is 3.31. The number of hydrogen-bond acceptors (Lipinski definition) is 2. The van der Waals surface area contributed by atoms with Gasteiger partial charge in [-0.05, 0) is 17.7 Å². The van der Waals surface area contributed by atoms with Gasteiger partial charge < -0.3 is 9.84 Å². The fourth-order valence-electron chi connectivity index (χ4n) is 2.44. The normalized spacial score (nSPS) is 16.9. The zero-order chi connectivity index (χ0) is 14.3. The van der Waals surface area contributed by atoms with E-state index in [2.05, 4.69) is 0 Å². The lowest BCUT2D eigenvalue weighted by atomic mass is 10.0. The Labute approximate surface area is 131 Å². The molecule has 0 radical (unpaired) electrons. The van der Waals surface area contributed by atoms with Crippen LogP contribution in [-0.2, 0) is 6.42 Å². The third kappa shape index (κ3) is 2.38. The smallest absolute Gasteiger partial charge is 0.131 e. The second-order valence-electron chi connectivity index (χ2n) is 4.66. The summed E-state index contributed by atoms with van der Waals surface area (Å²) in [6, 6.07) is 9.12. The molecule has 2 aromatic rings. The first kappa shape index (κ1) is 14.0.